The number of hydrogen-bond donors (Lipinski definition) is 1. The number of aryl methyl sites for hydroxylation is 1. The predicted molar refractivity (Wildman–Crippen MR) is 79.9 cm³/mol. The molecule has 6 heteroatoms. The number of sulfone groups is 1. The van der Waals surface area contributed by atoms with Crippen molar-refractivity contribution in [3.05, 3.63) is 35.2 Å². The van der Waals surface area contributed by atoms with Crippen LogP contribution < -0.4 is 5.73 Å². The Hall–Kier alpha value is -1.82. The molecule has 0 radical (unpaired) electrons. The van der Waals surface area contributed by atoms with Gasteiger partial charge in [-0.05, 0) is 44.0 Å². The molecule has 2 aromatic rings. The Morgan fingerprint density at radius 2 is 1.95 bits per heavy atom. The van der Waals surface area contributed by atoms with E-state index in [-0.39, 0.29) is 4.90 Å². The van der Waals surface area contributed by atoms with Crippen LogP contribution in [0.5, 0.6) is 0 Å². The molecule has 0 aliphatic rings. The summed E-state index contributed by atoms with van der Waals surface area (Å²) in [6.07, 6.45) is 2.07. The highest BCUT2D eigenvalue weighted by Gasteiger charge is 2.15. The van der Waals surface area contributed by atoms with E-state index in [1.165, 1.54) is 17.9 Å². The van der Waals surface area contributed by atoms with Crippen LogP contribution in [0.4, 0.5) is 5.69 Å². The van der Waals surface area contributed by atoms with Gasteiger partial charge in [-0.3, -0.25) is 0 Å². The van der Waals surface area contributed by atoms with Crippen molar-refractivity contribution in [1.29, 1.82) is 0 Å². The van der Waals surface area contributed by atoms with Crippen molar-refractivity contribution in [3.63, 3.8) is 0 Å². The number of hydrogen-bond acceptors (Lipinski definition) is 4. The van der Waals surface area contributed by atoms with Gasteiger partial charge in [0, 0.05) is 11.9 Å². The van der Waals surface area contributed by atoms with E-state index in [9.17, 15) is 8.42 Å². The van der Waals surface area contributed by atoms with Gasteiger partial charge in [-0.1, -0.05) is 6.92 Å². The molecular formula is C14H19N3O2S. The van der Waals surface area contributed by atoms with Crippen LogP contribution in [0.2, 0.25) is 0 Å². The standard InChI is InChI=1S/C14H19N3O2S/c1-5-12-9(2)16-17(10(12)3)14-7-6-11(8-13(14)15)20(4,18)19/h6-8H,5,15H2,1-4H3. The first-order valence-electron chi connectivity index (χ1n) is 6.40. The quantitative estimate of drug-likeness (QED) is 0.878. The fourth-order valence-electron chi connectivity index (χ4n) is 2.38. The lowest BCUT2D eigenvalue weighted by Crippen LogP contribution is -2.06. The Kier molecular flexibility index (Phi) is 3.60. The van der Waals surface area contributed by atoms with Crippen LogP contribution in [-0.4, -0.2) is 24.5 Å². The third kappa shape index (κ3) is 2.43. The average Bonchev–Trinajstić information content (AvgIpc) is 2.63. The molecule has 2 N–H and O–H groups in total. The first-order valence-corrected chi connectivity index (χ1v) is 8.30. The van der Waals surface area contributed by atoms with E-state index in [0.717, 1.165) is 17.8 Å². The maximum Gasteiger partial charge on any atom is 0.175 e. The minimum atomic E-state index is -3.25. The van der Waals surface area contributed by atoms with Gasteiger partial charge in [0.15, 0.2) is 9.84 Å². The highest BCUT2D eigenvalue weighted by atomic mass is 32.2. The van der Waals surface area contributed by atoms with E-state index >= 15 is 0 Å². The van der Waals surface area contributed by atoms with Crippen molar-refractivity contribution >= 4 is 15.5 Å². The lowest BCUT2D eigenvalue weighted by Gasteiger charge is -2.10. The molecular weight excluding hydrogens is 274 g/mol. The summed E-state index contributed by atoms with van der Waals surface area (Å²) in [6.45, 7) is 6.03. The van der Waals surface area contributed by atoms with Crippen LogP contribution in [-0.2, 0) is 16.3 Å². The fraction of sp³-hybridized carbons (Fsp3) is 0.357. The SMILES string of the molecule is CCc1c(C)nn(-c2ccc(S(C)(=O)=O)cc2N)c1C. The molecule has 1 heterocycles. The van der Waals surface area contributed by atoms with Crippen molar-refractivity contribution in [2.45, 2.75) is 32.1 Å². The Balaban J connectivity index is 2.60. The van der Waals surface area contributed by atoms with Gasteiger partial charge in [-0.25, -0.2) is 13.1 Å². The maximum atomic E-state index is 11.5. The summed E-state index contributed by atoms with van der Waals surface area (Å²) in [5, 5.41) is 4.49. The zero-order chi connectivity index (χ0) is 15.1. The largest absolute Gasteiger partial charge is 0.397 e. The predicted octanol–water partition coefficient (Wildman–Crippen LogP) is 2.04. The number of benzene rings is 1. The Labute approximate surface area is 119 Å². The van der Waals surface area contributed by atoms with Crippen molar-refractivity contribution in [2.24, 2.45) is 0 Å². The molecule has 2 rings (SSSR count). The Bertz CT molecular complexity index is 761. The molecule has 0 saturated heterocycles. The van der Waals surface area contributed by atoms with Crippen molar-refractivity contribution < 1.29 is 8.42 Å². The van der Waals surface area contributed by atoms with E-state index in [1.54, 1.807) is 16.8 Å². The molecule has 0 bridgehead atoms. The van der Waals surface area contributed by atoms with Gasteiger partial charge in [-0.15, -0.1) is 0 Å². The van der Waals surface area contributed by atoms with E-state index in [1.807, 2.05) is 13.8 Å². The number of nitrogen functional groups attached to an aromatic ring is 1. The van der Waals surface area contributed by atoms with E-state index in [0.29, 0.717) is 11.4 Å². The number of aromatic nitrogens is 2. The third-order valence-electron chi connectivity index (χ3n) is 3.45. The van der Waals surface area contributed by atoms with Crippen molar-refractivity contribution in [3.8, 4) is 5.69 Å². The molecule has 0 amide bonds. The number of nitrogens with zero attached hydrogens (tertiary/aromatic N) is 2. The van der Waals surface area contributed by atoms with Gasteiger partial charge in [0.05, 0.1) is 22.0 Å². The summed E-state index contributed by atoms with van der Waals surface area (Å²) in [5.74, 6) is 0. The van der Waals surface area contributed by atoms with Gasteiger partial charge in [0.1, 0.15) is 0 Å². The molecule has 5 nitrogen and oxygen atoms in total. The van der Waals surface area contributed by atoms with Crippen molar-refractivity contribution in [1.82, 2.24) is 9.78 Å². The van der Waals surface area contributed by atoms with Gasteiger partial charge in [0.25, 0.3) is 0 Å². The molecule has 0 unspecified atom stereocenters. The second-order valence-electron chi connectivity index (χ2n) is 4.91. The smallest absolute Gasteiger partial charge is 0.175 e. The highest BCUT2D eigenvalue weighted by Crippen LogP contribution is 2.25. The lowest BCUT2D eigenvalue weighted by molar-refractivity contribution is 0.602. The molecule has 20 heavy (non-hydrogen) atoms. The van der Waals surface area contributed by atoms with Crippen LogP contribution in [0.3, 0.4) is 0 Å². The molecule has 0 aliphatic carbocycles. The highest BCUT2D eigenvalue weighted by molar-refractivity contribution is 7.90. The first-order chi connectivity index (χ1) is 9.25. The minimum absolute atomic E-state index is 0.219. The van der Waals surface area contributed by atoms with Crippen LogP contribution in [0.25, 0.3) is 5.69 Å². The molecule has 0 aliphatic heterocycles. The maximum absolute atomic E-state index is 11.5. The second-order valence-corrected chi connectivity index (χ2v) is 6.92. The normalized spacial score (nSPS) is 11.8. The molecule has 1 aromatic heterocycles. The molecule has 0 atom stereocenters. The van der Waals surface area contributed by atoms with Gasteiger partial charge in [-0.2, -0.15) is 5.10 Å². The lowest BCUT2D eigenvalue weighted by atomic mass is 10.1. The molecule has 108 valence electrons. The summed E-state index contributed by atoms with van der Waals surface area (Å²) < 4.78 is 24.8. The monoisotopic (exact) mass is 293 g/mol. The van der Waals surface area contributed by atoms with Crippen LogP contribution in [0.1, 0.15) is 23.9 Å². The summed E-state index contributed by atoms with van der Waals surface area (Å²) in [5.41, 5.74) is 10.3. The summed E-state index contributed by atoms with van der Waals surface area (Å²) in [7, 11) is -3.25. The number of nitrogens with two attached hydrogens (primary N) is 1. The first kappa shape index (κ1) is 14.6. The van der Waals surface area contributed by atoms with E-state index in [4.69, 9.17) is 5.73 Å². The summed E-state index contributed by atoms with van der Waals surface area (Å²) >= 11 is 0. The Morgan fingerprint density at radius 1 is 1.30 bits per heavy atom. The zero-order valence-corrected chi connectivity index (χ0v) is 13.0. The Morgan fingerprint density at radius 3 is 2.40 bits per heavy atom. The summed E-state index contributed by atoms with van der Waals surface area (Å²) in [6, 6.07) is 4.74. The van der Waals surface area contributed by atoms with Crippen molar-refractivity contribution in [2.75, 3.05) is 12.0 Å². The van der Waals surface area contributed by atoms with Crippen LogP contribution in [0.15, 0.2) is 23.1 Å². The van der Waals surface area contributed by atoms with E-state index in [2.05, 4.69) is 12.0 Å². The fourth-order valence-corrected chi connectivity index (χ4v) is 3.03. The van der Waals surface area contributed by atoms with Crippen LogP contribution in [0, 0.1) is 13.8 Å². The topological polar surface area (TPSA) is 78.0 Å². The van der Waals surface area contributed by atoms with Gasteiger partial charge in [0.2, 0.25) is 0 Å². The molecule has 0 spiro atoms. The zero-order valence-electron chi connectivity index (χ0n) is 12.1. The molecule has 0 fully saturated rings. The summed E-state index contributed by atoms with van der Waals surface area (Å²) in [4.78, 5) is 0.219. The minimum Gasteiger partial charge on any atom is -0.397 e. The average molecular weight is 293 g/mol. The van der Waals surface area contributed by atoms with Gasteiger partial charge >= 0.3 is 0 Å². The molecule has 0 saturated carbocycles. The second kappa shape index (κ2) is 4.94. The number of anilines is 1. The van der Waals surface area contributed by atoms with Gasteiger partial charge < -0.3 is 5.73 Å². The van der Waals surface area contributed by atoms with E-state index < -0.39 is 9.84 Å². The number of rotatable bonds is 3. The molecule has 1 aromatic carbocycles. The third-order valence-corrected chi connectivity index (χ3v) is 4.56. The van der Waals surface area contributed by atoms with Crippen LogP contribution >= 0.6 is 0 Å².